The van der Waals surface area contributed by atoms with Crippen molar-refractivity contribution < 1.29 is 13.2 Å². The van der Waals surface area contributed by atoms with Gasteiger partial charge >= 0.3 is 0 Å². The van der Waals surface area contributed by atoms with Crippen LogP contribution < -0.4 is 10.0 Å². The predicted octanol–water partition coefficient (Wildman–Crippen LogP) is 2.41. The molecule has 7 heteroatoms. The van der Waals surface area contributed by atoms with E-state index in [1.54, 1.807) is 30.5 Å². The molecule has 0 aliphatic rings. The van der Waals surface area contributed by atoms with Crippen molar-refractivity contribution in [1.82, 2.24) is 10.3 Å². The minimum Gasteiger partial charge on any atom is -0.347 e. The lowest BCUT2D eigenvalue weighted by molar-refractivity contribution is 0.0916. The molecule has 1 amide bonds. The summed E-state index contributed by atoms with van der Waals surface area (Å²) in [7, 11) is -3.90. The minimum absolute atomic E-state index is 0.0781. The van der Waals surface area contributed by atoms with Crippen molar-refractivity contribution in [3.8, 4) is 0 Å². The van der Waals surface area contributed by atoms with Crippen molar-refractivity contribution in [3.05, 3.63) is 54.4 Å². The first-order valence-corrected chi connectivity index (χ1v) is 8.52. The molecular weight excluding hydrogens is 314 g/mol. The Bertz CT molecular complexity index is 797. The SMILES string of the molecule is CC(C)(C)NC(=O)c1ccccc1S(=O)(=O)Nc1cccnc1. The molecule has 0 saturated heterocycles. The normalized spacial score (nSPS) is 11.8. The summed E-state index contributed by atoms with van der Waals surface area (Å²) < 4.78 is 27.6. The lowest BCUT2D eigenvalue weighted by Crippen LogP contribution is -2.41. The Morgan fingerprint density at radius 2 is 1.78 bits per heavy atom. The monoisotopic (exact) mass is 333 g/mol. The maximum Gasteiger partial charge on any atom is 0.262 e. The number of carbonyl (C=O) groups excluding carboxylic acids is 1. The number of nitrogens with one attached hydrogen (secondary N) is 2. The Kier molecular flexibility index (Phi) is 4.70. The number of carbonyl (C=O) groups is 1. The first-order valence-electron chi connectivity index (χ1n) is 7.03. The number of benzene rings is 1. The van der Waals surface area contributed by atoms with Gasteiger partial charge in [0.05, 0.1) is 17.4 Å². The fraction of sp³-hybridized carbons (Fsp3) is 0.250. The highest BCUT2D eigenvalue weighted by Crippen LogP contribution is 2.20. The summed E-state index contributed by atoms with van der Waals surface area (Å²) in [6.07, 6.45) is 2.94. The molecule has 2 aromatic rings. The molecule has 0 aliphatic carbocycles. The highest BCUT2D eigenvalue weighted by molar-refractivity contribution is 7.92. The van der Waals surface area contributed by atoms with Gasteiger partial charge in [0.1, 0.15) is 4.90 Å². The molecule has 1 heterocycles. The molecule has 2 N–H and O–H groups in total. The van der Waals surface area contributed by atoms with Crippen molar-refractivity contribution in [2.24, 2.45) is 0 Å². The molecule has 23 heavy (non-hydrogen) atoms. The number of aromatic nitrogens is 1. The van der Waals surface area contributed by atoms with Crippen LogP contribution in [0.5, 0.6) is 0 Å². The van der Waals surface area contributed by atoms with Crippen molar-refractivity contribution in [1.29, 1.82) is 0 Å². The molecule has 0 unspecified atom stereocenters. The van der Waals surface area contributed by atoms with Crippen LogP contribution in [0.4, 0.5) is 5.69 Å². The fourth-order valence-corrected chi connectivity index (χ4v) is 3.18. The minimum atomic E-state index is -3.90. The maximum absolute atomic E-state index is 12.6. The van der Waals surface area contributed by atoms with E-state index in [0.717, 1.165) is 0 Å². The Hall–Kier alpha value is -2.41. The first kappa shape index (κ1) is 17.0. The number of hydrogen-bond acceptors (Lipinski definition) is 4. The zero-order valence-electron chi connectivity index (χ0n) is 13.2. The van der Waals surface area contributed by atoms with Crippen LogP contribution in [0.25, 0.3) is 0 Å². The third kappa shape index (κ3) is 4.53. The average Bonchev–Trinajstić information content (AvgIpc) is 2.46. The summed E-state index contributed by atoms with van der Waals surface area (Å²) in [5.74, 6) is -0.440. The van der Waals surface area contributed by atoms with Gasteiger partial charge in [-0.15, -0.1) is 0 Å². The highest BCUT2D eigenvalue weighted by atomic mass is 32.2. The van der Waals surface area contributed by atoms with Gasteiger partial charge in [-0.3, -0.25) is 14.5 Å². The van der Waals surface area contributed by atoms with E-state index < -0.39 is 21.5 Å². The number of rotatable bonds is 4. The van der Waals surface area contributed by atoms with E-state index in [2.05, 4.69) is 15.0 Å². The predicted molar refractivity (Wildman–Crippen MR) is 88.7 cm³/mol. The molecular formula is C16H19N3O3S. The Balaban J connectivity index is 2.38. The largest absolute Gasteiger partial charge is 0.347 e. The van der Waals surface area contributed by atoms with Crippen LogP contribution in [0.15, 0.2) is 53.7 Å². The van der Waals surface area contributed by atoms with Gasteiger partial charge < -0.3 is 5.32 Å². The smallest absolute Gasteiger partial charge is 0.262 e. The second-order valence-corrected chi connectivity index (χ2v) is 7.70. The molecule has 0 aliphatic heterocycles. The van der Waals surface area contributed by atoms with Crippen molar-refractivity contribution in [3.63, 3.8) is 0 Å². The third-order valence-electron chi connectivity index (χ3n) is 2.82. The third-order valence-corrected chi connectivity index (χ3v) is 4.26. The second-order valence-electron chi connectivity index (χ2n) is 6.05. The number of anilines is 1. The highest BCUT2D eigenvalue weighted by Gasteiger charge is 2.24. The van der Waals surface area contributed by atoms with Crippen LogP contribution in [-0.4, -0.2) is 24.8 Å². The average molecular weight is 333 g/mol. The van der Waals surface area contributed by atoms with Gasteiger partial charge in [0, 0.05) is 11.7 Å². The summed E-state index contributed by atoms with van der Waals surface area (Å²) in [5, 5.41) is 2.77. The molecule has 1 aromatic heterocycles. The lowest BCUT2D eigenvalue weighted by atomic mass is 10.1. The molecule has 122 valence electrons. The fourth-order valence-electron chi connectivity index (χ4n) is 1.93. The number of pyridine rings is 1. The Labute approximate surface area is 136 Å². The molecule has 2 rings (SSSR count). The van der Waals surface area contributed by atoms with Gasteiger partial charge in [-0.1, -0.05) is 12.1 Å². The van der Waals surface area contributed by atoms with E-state index in [4.69, 9.17) is 0 Å². The van der Waals surface area contributed by atoms with Crippen LogP contribution in [0.2, 0.25) is 0 Å². The summed E-state index contributed by atoms with van der Waals surface area (Å²) in [6, 6.07) is 9.29. The first-order chi connectivity index (χ1) is 10.7. The Morgan fingerprint density at radius 3 is 2.39 bits per heavy atom. The summed E-state index contributed by atoms with van der Waals surface area (Å²) in [6.45, 7) is 5.49. The second kappa shape index (κ2) is 6.37. The van der Waals surface area contributed by atoms with E-state index >= 15 is 0 Å². The molecule has 0 spiro atoms. The topological polar surface area (TPSA) is 88.2 Å². The van der Waals surface area contributed by atoms with Gasteiger partial charge in [-0.25, -0.2) is 8.42 Å². The molecule has 1 aromatic carbocycles. The van der Waals surface area contributed by atoms with Crippen molar-refractivity contribution >= 4 is 21.6 Å². The zero-order chi connectivity index (χ0) is 17.1. The van der Waals surface area contributed by atoms with Gasteiger partial charge in [0.25, 0.3) is 15.9 Å². The molecule has 0 fully saturated rings. The van der Waals surface area contributed by atoms with E-state index in [0.29, 0.717) is 5.69 Å². The molecule has 0 atom stereocenters. The molecule has 0 saturated carbocycles. The molecule has 0 radical (unpaired) electrons. The van der Waals surface area contributed by atoms with Gasteiger partial charge in [0.2, 0.25) is 0 Å². The molecule has 0 bridgehead atoms. The van der Waals surface area contributed by atoms with E-state index in [9.17, 15) is 13.2 Å². The van der Waals surface area contributed by atoms with Crippen molar-refractivity contribution in [2.75, 3.05) is 4.72 Å². The summed E-state index contributed by atoms with van der Waals surface area (Å²) in [5.41, 5.74) is -0.0394. The van der Waals surface area contributed by atoms with Crippen LogP contribution >= 0.6 is 0 Å². The maximum atomic E-state index is 12.6. The van der Waals surface area contributed by atoms with Crippen LogP contribution in [0.1, 0.15) is 31.1 Å². The standard InChI is InChI=1S/C16H19N3O3S/c1-16(2,3)18-15(20)13-8-4-5-9-14(13)23(21,22)19-12-7-6-10-17-11-12/h4-11,19H,1-3H3,(H,18,20). The summed E-state index contributed by atoms with van der Waals surface area (Å²) in [4.78, 5) is 16.1. The van der Waals surface area contributed by atoms with Gasteiger partial charge in [-0.05, 0) is 45.0 Å². The van der Waals surface area contributed by atoms with Crippen LogP contribution in [0.3, 0.4) is 0 Å². The number of nitrogens with zero attached hydrogens (tertiary/aromatic N) is 1. The lowest BCUT2D eigenvalue weighted by Gasteiger charge is -2.21. The Morgan fingerprint density at radius 1 is 1.09 bits per heavy atom. The summed E-state index contributed by atoms with van der Waals surface area (Å²) >= 11 is 0. The quantitative estimate of drug-likeness (QED) is 0.899. The van der Waals surface area contributed by atoms with Crippen molar-refractivity contribution in [2.45, 2.75) is 31.2 Å². The zero-order valence-corrected chi connectivity index (χ0v) is 14.0. The van der Waals surface area contributed by atoms with Gasteiger partial charge in [-0.2, -0.15) is 0 Å². The van der Waals surface area contributed by atoms with E-state index in [1.807, 2.05) is 20.8 Å². The molecule has 6 nitrogen and oxygen atoms in total. The van der Waals surface area contributed by atoms with E-state index in [-0.39, 0.29) is 10.5 Å². The van der Waals surface area contributed by atoms with E-state index in [1.165, 1.54) is 18.3 Å². The van der Waals surface area contributed by atoms with Crippen LogP contribution in [-0.2, 0) is 10.0 Å². The number of sulfonamides is 1. The number of amides is 1. The van der Waals surface area contributed by atoms with Crippen LogP contribution in [0, 0.1) is 0 Å². The van der Waals surface area contributed by atoms with Gasteiger partial charge in [0.15, 0.2) is 0 Å². The number of hydrogen-bond donors (Lipinski definition) is 2.